The summed E-state index contributed by atoms with van der Waals surface area (Å²) >= 11 is 0. The molecule has 176 valence electrons. The van der Waals surface area contributed by atoms with Crippen molar-refractivity contribution in [2.45, 2.75) is 13.0 Å². The van der Waals surface area contributed by atoms with Crippen LogP contribution in [0.5, 0.6) is 11.5 Å². The van der Waals surface area contributed by atoms with E-state index in [0.29, 0.717) is 35.0 Å². The number of ether oxygens (including phenoxy) is 2. The van der Waals surface area contributed by atoms with Gasteiger partial charge in [-0.15, -0.1) is 0 Å². The summed E-state index contributed by atoms with van der Waals surface area (Å²) < 4.78 is 11.0. The number of anilines is 2. The van der Waals surface area contributed by atoms with Crippen molar-refractivity contribution in [2.75, 3.05) is 23.6 Å². The number of para-hydroxylation sites is 2. The summed E-state index contributed by atoms with van der Waals surface area (Å²) in [6.07, 6.45) is 0. The van der Waals surface area contributed by atoms with Crippen LogP contribution in [0.25, 0.3) is 0 Å². The molecule has 0 aromatic heterocycles. The van der Waals surface area contributed by atoms with Crippen molar-refractivity contribution in [1.82, 2.24) is 0 Å². The first-order chi connectivity index (χ1) is 17.0. The highest BCUT2D eigenvalue weighted by atomic mass is 16.5. The molecule has 3 aromatic rings. The van der Waals surface area contributed by atoms with Gasteiger partial charge in [0.15, 0.2) is 0 Å². The fourth-order valence-corrected chi connectivity index (χ4v) is 4.47. The molecule has 2 heterocycles. The number of carbonyl (C=O) groups excluding carboxylic acids is 3. The third-order valence-electron chi connectivity index (χ3n) is 6.06. The molecule has 0 unspecified atom stereocenters. The van der Waals surface area contributed by atoms with Crippen LogP contribution in [0.1, 0.15) is 17.3 Å². The third-order valence-corrected chi connectivity index (χ3v) is 6.06. The van der Waals surface area contributed by atoms with Gasteiger partial charge < -0.3 is 9.47 Å². The average molecular weight is 469 g/mol. The van der Waals surface area contributed by atoms with Gasteiger partial charge in [-0.05, 0) is 43.3 Å². The molecule has 0 aliphatic carbocycles. The largest absolute Gasteiger partial charge is 0.495 e. The molecule has 0 bridgehead atoms. The number of nitrogens with zero attached hydrogens (tertiary/aromatic N) is 3. The molecule has 3 aromatic carbocycles. The van der Waals surface area contributed by atoms with E-state index < -0.39 is 29.6 Å². The predicted octanol–water partition coefficient (Wildman–Crippen LogP) is 3.71. The van der Waals surface area contributed by atoms with Gasteiger partial charge in [0.25, 0.3) is 5.91 Å². The zero-order valence-corrected chi connectivity index (χ0v) is 19.3. The summed E-state index contributed by atoms with van der Waals surface area (Å²) in [5, 5.41) is 5.97. The minimum Gasteiger partial charge on any atom is -0.495 e. The molecule has 1 saturated heterocycles. The standard InChI is InChI=1S/C27H23N3O5/c1-3-35-19-15-13-18(14-16-19)29-26(32)22-23(25(31)17-9-5-4-6-10-17)28-30(24(22)27(29)33)20-11-7-8-12-21(20)34-2/h4-16,22,24H,3H2,1-2H3/t22-,24-/m1/s1. The number of ketones is 1. The topological polar surface area (TPSA) is 88.5 Å². The lowest BCUT2D eigenvalue weighted by Gasteiger charge is -2.23. The molecular weight excluding hydrogens is 446 g/mol. The molecule has 2 amide bonds. The third kappa shape index (κ3) is 3.73. The van der Waals surface area contributed by atoms with Gasteiger partial charge in [0, 0.05) is 5.56 Å². The van der Waals surface area contributed by atoms with Crippen molar-refractivity contribution in [3.63, 3.8) is 0 Å². The fourth-order valence-electron chi connectivity index (χ4n) is 4.47. The maximum Gasteiger partial charge on any atom is 0.259 e. The Morgan fingerprint density at radius 2 is 1.60 bits per heavy atom. The molecule has 2 aliphatic rings. The zero-order chi connectivity index (χ0) is 24.5. The Labute approximate surface area is 202 Å². The van der Waals surface area contributed by atoms with E-state index in [-0.39, 0.29) is 5.71 Å². The van der Waals surface area contributed by atoms with Crippen molar-refractivity contribution in [3.8, 4) is 11.5 Å². The molecule has 2 aliphatic heterocycles. The Morgan fingerprint density at radius 1 is 0.914 bits per heavy atom. The Bertz CT molecular complexity index is 1320. The fraction of sp³-hybridized carbons (Fsp3) is 0.185. The second-order valence-corrected chi connectivity index (χ2v) is 8.06. The Hall–Kier alpha value is -4.46. The minimum atomic E-state index is -1.05. The lowest BCUT2D eigenvalue weighted by atomic mass is 9.92. The molecule has 5 rings (SSSR count). The molecule has 0 N–H and O–H groups in total. The van der Waals surface area contributed by atoms with Crippen molar-refractivity contribution in [3.05, 3.63) is 84.4 Å². The van der Waals surface area contributed by atoms with Gasteiger partial charge in [-0.3, -0.25) is 14.4 Å². The van der Waals surface area contributed by atoms with Gasteiger partial charge in [-0.1, -0.05) is 42.5 Å². The van der Waals surface area contributed by atoms with Gasteiger partial charge in [0.05, 0.1) is 19.4 Å². The van der Waals surface area contributed by atoms with E-state index in [1.54, 1.807) is 78.9 Å². The van der Waals surface area contributed by atoms with Gasteiger partial charge >= 0.3 is 0 Å². The minimum absolute atomic E-state index is 0.0268. The number of hydrazone groups is 1. The highest BCUT2D eigenvalue weighted by Gasteiger charge is 2.59. The average Bonchev–Trinajstić information content (AvgIpc) is 3.41. The number of Topliss-reactive ketones (excluding diaryl/α,β-unsaturated/α-hetero) is 1. The Balaban J connectivity index is 1.59. The number of hydrogen-bond acceptors (Lipinski definition) is 7. The van der Waals surface area contributed by atoms with E-state index >= 15 is 0 Å². The Kier molecular flexibility index (Phi) is 5.78. The van der Waals surface area contributed by atoms with Crippen LogP contribution < -0.4 is 19.4 Å². The summed E-state index contributed by atoms with van der Waals surface area (Å²) in [5.74, 6) is -1.30. The molecule has 8 nitrogen and oxygen atoms in total. The van der Waals surface area contributed by atoms with Crippen molar-refractivity contribution >= 4 is 34.7 Å². The smallest absolute Gasteiger partial charge is 0.259 e. The number of hydrogen-bond donors (Lipinski definition) is 0. The summed E-state index contributed by atoms with van der Waals surface area (Å²) in [7, 11) is 1.51. The second kappa shape index (κ2) is 9.06. The first-order valence-corrected chi connectivity index (χ1v) is 11.3. The first kappa shape index (κ1) is 22.3. The zero-order valence-electron chi connectivity index (χ0n) is 19.3. The second-order valence-electron chi connectivity index (χ2n) is 8.06. The van der Waals surface area contributed by atoms with Gasteiger partial charge in [-0.2, -0.15) is 5.10 Å². The molecule has 0 spiro atoms. The number of rotatable bonds is 7. The first-order valence-electron chi connectivity index (χ1n) is 11.3. The summed E-state index contributed by atoms with van der Waals surface area (Å²) in [6.45, 7) is 2.38. The number of carbonyl (C=O) groups is 3. The van der Waals surface area contributed by atoms with Crippen LogP contribution in [0.3, 0.4) is 0 Å². The van der Waals surface area contributed by atoms with E-state index in [1.165, 1.54) is 12.1 Å². The lowest BCUT2D eigenvalue weighted by Crippen LogP contribution is -2.39. The normalized spacial score (nSPS) is 19.0. The molecule has 1 fully saturated rings. The SMILES string of the molecule is CCOc1ccc(N2C(=O)[C@@H]3C(C(=O)c4ccccc4)=NN(c4ccccc4OC)[C@H]3C2=O)cc1. The maximum atomic E-state index is 13.7. The molecule has 8 heteroatoms. The van der Waals surface area contributed by atoms with Crippen LogP contribution in [-0.4, -0.2) is 43.1 Å². The molecule has 2 atom stereocenters. The highest BCUT2D eigenvalue weighted by Crippen LogP contribution is 2.41. The van der Waals surface area contributed by atoms with Gasteiger partial charge in [-0.25, -0.2) is 9.91 Å². The van der Waals surface area contributed by atoms with Crippen LogP contribution in [0, 0.1) is 5.92 Å². The highest BCUT2D eigenvalue weighted by molar-refractivity contribution is 6.53. The summed E-state index contributed by atoms with van der Waals surface area (Å²) in [5.41, 5.74) is 1.32. The Morgan fingerprint density at radius 3 is 2.29 bits per heavy atom. The molecule has 0 radical (unpaired) electrons. The number of benzene rings is 3. The van der Waals surface area contributed by atoms with Gasteiger partial charge in [0.2, 0.25) is 11.7 Å². The van der Waals surface area contributed by atoms with E-state index in [9.17, 15) is 14.4 Å². The molecular formula is C27H23N3O5. The van der Waals surface area contributed by atoms with E-state index in [4.69, 9.17) is 9.47 Å². The van der Waals surface area contributed by atoms with E-state index in [1.807, 2.05) is 6.92 Å². The number of fused-ring (bicyclic) bond motifs is 1. The van der Waals surface area contributed by atoms with Crippen molar-refractivity contribution < 1.29 is 23.9 Å². The predicted molar refractivity (Wildman–Crippen MR) is 131 cm³/mol. The van der Waals surface area contributed by atoms with E-state index in [0.717, 1.165) is 4.90 Å². The quantitative estimate of drug-likeness (QED) is 0.387. The van der Waals surface area contributed by atoms with Crippen molar-refractivity contribution in [2.24, 2.45) is 11.0 Å². The monoisotopic (exact) mass is 469 g/mol. The van der Waals surface area contributed by atoms with Crippen LogP contribution in [0.2, 0.25) is 0 Å². The van der Waals surface area contributed by atoms with E-state index in [2.05, 4.69) is 5.10 Å². The maximum absolute atomic E-state index is 13.7. The van der Waals surface area contributed by atoms with Crippen LogP contribution >= 0.6 is 0 Å². The molecule has 0 saturated carbocycles. The number of imide groups is 1. The summed E-state index contributed by atoms with van der Waals surface area (Å²) in [6, 6.07) is 21.4. The summed E-state index contributed by atoms with van der Waals surface area (Å²) in [4.78, 5) is 41.9. The van der Waals surface area contributed by atoms with Crippen LogP contribution in [-0.2, 0) is 9.59 Å². The number of amides is 2. The lowest BCUT2D eigenvalue weighted by molar-refractivity contribution is -0.121. The van der Waals surface area contributed by atoms with Gasteiger partial charge in [0.1, 0.15) is 34.9 Å². The van der Waals surface area contributed by atoms with Crippen molar-refractivity contribution in [1.29, 1.82) is 0 Å². The number of methoxy groups -OCH3 is 1. The molecule has 35 heavy (non-hydrogen) atoms. The van der Waals surface area contributed by atoms with Crippen LogP contribution in [0.15, 0.2) is 84.0 Å². The van der Waals surface area contributed by atoms with Crippen LogP contribution in [0.4, 0.5) is 11.4 Å².